The molecule has 112 valence electrons. The molecule has 0 spiro atoms. The molecule has 0 saturated carbocycles. The number of nitrogens with one attached hydrogen (secondary N) is 2. The molecule has 2 N–H and O–H groups in total. The average molecular weight is 331 g/mol. The summed E-state index contributed by atoms with van der Waals surface area (Å²) in [6.07, 6.45) is 4.52. The van der Waals surface area contributed by atoms with E-state index in [9.17, 15) is 4.57 Å². The number of thioether (sulfide) groups is 1. The summed E-state index contributed by atoms with van der Waals surface area (Å²) in [6.45, 7) is 1.37. The first-order valence-electron chi connectivity index (χ1n) is 6.45. The molecule has 4 nitrogen and oxygen atoms in total. The normalized spacial score (nSPS) is 16.0. The molecule has 0 amide bonds. The number of rotatable bonds is 8. The van der Waals surface area contributed by atoms with Crippen LogP contribution in [0.2, 0.25) is 0 Å². The van der Waals surface area contributed by atoms with E-state index in [1.165, 1.54) is 22.6 Å². The quantitative estimate of drug-likeness (QED) is 0.313. The van der Waals surface area contributed by atoms with Crippen molar-refractivity contribution in [2.24, 2.45) is 4.76 Å². The molecule has 0 aliphatic carbocycles. The van der Waals surface area contributed by atoms with E-state index in [-0.39, 0.29) is 0 Å². The van der Waals surface area contributed by atoms with Crippen LogP contribution in [0.3, 0.4) is 0 Å². The van der Waals surface area contributed by atoms with Crippen molar-refractivity contribution in [2.75, 3.05) is 18.6 Å². The number of benzene rings is 1. The second-order valence-corrected chi connectivity index (χ2v) is 9.92. The first kappa shape index (κ1) is 17.6. The van der Waals surface area contributed by atoms with Crippen LogP contribution in [-0.2, 0) is 4.57 Å². The van der Waals surface area contributed by atoms with E-state index in [0.29, 0.717) is 5.25 Å². The maximum absolute atomic E-state index is 12.5. The summed E-state index contributed by atoms with van der Waals surface area (Å²) >= 11 is 3.09. The smallest absolute Gasteiger partial charge is 0.312 e. The lowest BCUT2D eigenvalue weighted by Gasteiger charge is -2.15. The largest absolute Gasteiger partial charge is 0.346 e. The zero-order valence-corrected chi connectivity index (χ0v) is 14.8. The zero-order valence-electron chi connectivity index (χ0n) is 12.3. The van der Waals surface area contributed by atoms with Crippen LogP contribution in [0.15, 0.2) is 33.9 Å². The Bertz CT molecular complexity index is 479. The number of anilines is 1. The van der Waals surface area contributed by atoms with Gasteiger partial charge in [0.25, 0.3) is 0 Å². The van der Waals surface area contributed by atoms with Gasteiger partial charge in [0.2, 0.25) is 0 Å². The Kier molecular flexibility index (Phi) is 7.74. The molecule has 1 rings (SSSR count). The monoisotopic (exact) mass is 331 g/mol. The lowest BCUT2D eigenvalue weighted by Crippen LogP contribution is -2.04. The first-order chi connectivity index (χ1) is 9.53. The average Bonchev–Trinajstić information content (AvgIpc) is 2.47. The molecule has 7 heteroatoms. The highest BCUT2D eigenvalue weighted by Gasteiger charge is 2.21. The van der Waals surface area contributed by atoms with E-state index >= 15 is 0 Å². The van der Waals surface area contributed by atoms with E-state index in [1.54, 1.807) is 18.8 Å². The maximum Gasteiger partial charge on any atom is 0.312 e. The topological polar surface area (TPSA) is 53.5 Å². The van der Waals surface area contributed by atoms with Crippen LogP contribution in [-0.4, -0.2) is 24.9 Å². The van der Waals surface area contributed by atoms with Gasteiger partial charge >= 0.3 is 6.65 Å². The van der Waals surface area contributed by atoms with Gasteiger partial charge in [-0.1, -0.05) is 25.2 Å². The fourth-order valence-corrected chi connectivity index (χ4v) is 5.38. The third-order valence-electron chi connectivity index (χ3n) is 2.71. The molecule has 0 aliphatic heterocycles. The van der Waals surface area contributed by atoms with E-state index in [0.717, 1.165) is 12.1 Å². The van der Waals surface area contributed by atoms with Crippen LogP contribution in [0.4, 0.5) is 5.69 Å². The number of nitrogens with zero attached hydrogens (tertiary/aromatic N) is 1. The second-order valence-electron chi connectivity index (χ2n) is 4.19. The summed E-state index contributed by atoms with van der Waals surface area (Å²) in [4.78, 5) is 1.21. The van der Waals surface area contributed by atoms with Crippen LogP contribution in [0.25, 0.3) is 0 Å². The molecule has 0 heterocycles. The molecular formula is C13H22N3OPS2. The maximum atomic E-state index is 12.5. The van der Waals surface area contributed by atoms with Gasteiger partial charge in [-0.3, -0.25) is 4.57 Å². The van der Waals surface area contributed by atoms with Crippen LogP contribution in [0.1, 0.15) is 20.3 Å². The summed E-state index contributed by atoms with van der Waals surface area (Å²) in [5, 5.41) is 6.19. The molecule has 0 aromatic heterocycles. The SMILES string of the molecule is CCC(C)SP(=O)(N=CNc1ccc(SC)cc1)NC. The fourth-order valence-electron chi connectivity index (χ4n) is 1.32. The van der Waals surface area contributed by atoms with Gasteiger partial charge in [-0.05, 0) is 44.0 Å². The molecule has 0 fully saturated rings. The molecule has 20 heavy (non-hydrogen) atoms. The molecule has 0 aliphatic rings. The molecular weight excluding hydrogens is 309 g/mol. The zero-order chi connectivity index (χ0) is 15.0. The summed E-state index contributed by atoms with van der Waals surface area (Å²) in [5.74, 6) is 0. The number of hydrogen-bond donors (Lipinski definition) is 2. The minimum absolute atomic E-state index is 0.311. The molecule has 1 aromatic rings. The molecule has 0 saturated heterocycles. The van der Waals surface area contributed by atoms with Gasteiger partial charge in [-0.15, -0.1) is 11.8 Å². The summed E-state index contributed by atoms with van der Waals surface area (Å²) < 4.78 is 16.6. The van der Waals surface area contributed by atoms with Gasteiger partial charge in [0, 0.05) is 15.8 Å². The van der Waals surface area contributed by atoms with Crippen molar-refractivity contribution in [3.05, 3.63) is 24.3 Å². The van der Waals surface area contributed by atoms with Crippen molar-refractivity contribution in [1.29, 1.82) is 0 Å². The van der Waals surface area contributed by atoms with E-state index < -0.39 is 6.65 Å². The molecule has 0 bridgehead atoms. The third-order valence-corrected chi connectivity index (χ3v) is 8.19. The summed E-state index contributed by atoms with van der Waals surface area (Å²) in [6, 6.07) is 8.02. The minimum atomic E-state index is -2.76. The van der Waals surface area contributed by atoms with E-state index in [4.69, 9.17) is 0 Å². The van der Waals surface area contributed by atoms with Crippen molar-refractivity contribution in [3.8, 4) is 0 Å². The third kappa shape index (κ3) is 5.92. The predicted octanol–water partition coefficient (Wildman–Crippen LogP) is 4.71. The minimum Gasteiger partial charge on any atom is -0.346 e. The van der Waals surface area contributed by atoms with Gasteiger partial charge in [0.15, 0.2) is 0 Å². The highest BCUT2D eigenvalue weighted by Crippen LogP contribution is 2.57. The standard InChI is InChI=1S/C13H22N3OPS2/c1-5-11(2)20-18(17,14-3)16-10-15-12-6-8-13(19-4)9-7-12/h6-11H,5H2,1-4H3,(H2,14,15,16,17). The second kappa shape index (κ2) is 8.78. The Hall–Kier alpha value is -0.420. The van der Waals surface area contributed by atoms with Gasteiger partial charge in [0.1, 0.15) is 0 Å². The Balaban J connectivity index is 2.62. The lowest BCUT2D eigenvalue weighted by atomic mass is 10.3. The molecule has 2 unspecified atom stereocenters. The van der Waals surface area contributed by atoms with Crippen molar-refractivity contribution >= 4 is 41.8 Å². The van der Waals surface area contributed by atoms with Crippen LogP contribution in [0, 0.1) is 0 Å². The van der Waals surface area contributed by atoms with Crippen molar-refractivity contribution < 1.29 is 4.57 Å². The molecule has 0 radical (unpaired) electrons. The van der Waals surface area contributed by atoms with Gasteiger partial charge in [0.05, 0.1) is 6.34 Å². The van der Waals surface area contributed by atoms with Crippen LogP contribution < -0.4 is 10.4 Å². The van der Waals surface area contributed by atoms with E-state index in [1.807, 2.05) is 30.5 Å². The van der Waals surface area contributed by atoms with Crippen LogP contribution in [0.5, 0.6) is 0 Å². The van der Waals surface area contributed by atoms with Gasteiger partial charge in [-0.2, -0.15) is 4.76 Å². The highest BCUT2D eigenvalue weighted by molar-refractivity contribution is 8.57. The summed E-state index contributed by atoms with van der Waals surface area (Å²) in [7, 11) is 1.68. The van der Waals surface area contributed by atoms with Crippen molar-refractivity contribution in [2.45, 2.75) is 30.4 Å². The first-order valence-corrected chi connectivity index (χ1v) is 10.8. The Labute approximate surface area is 129 Å². The lowest BCUT2D eigenvalue weighted by molar-refractivity contribution is 0.581. The highest BCUT2D eigenvalue weighted by atomic mass is 32.7. The van der Waals surface area contributed by atoms with Crippen molar-refractivity contribution in [1.82, 2.24) is 5.09 Å². The van der Waals surface area contributed by atoms with E-state index in [2.05, 4.69) is 29.0 Å². The Morgan fingerprint density at radius 1 is 1.40 bits per heavy atom. The number of hydrogen-bond acceptors (Lipinski definition) is 3. The summed E-state index contributed by atoms with van der Waals surface area (Å²) in [5.41, 5.74) is 0.933. The van der Waals surface area contributed by atoms with Gasteiger partial charge in [-0.25, -0.2) is 5.09 Å². The van der Waals surface area contributed by atoms with Gasteiger partial charge < -0.3 is 5.32 Å². The van der Waals surface area contributed by atoms with Crippen molar-refractivity contribution in [3.63, 3.8) is 0 Å². The fraction of sp³-hybridized carbons (Fsp3) is 0.462. The van der Waals surface area contributed by atoms with Crippen LogP contribution >= 0.6 is 29.8 Å². The Morgan fingerprint density at radius 2 is 2.05 bits per heavy atom. The Morgan fingerprint density at radius 3 is 2.55 bits per heavy atom. The predicted molar refractivity (Wildman–Crippen MR) is 94.3 cm³/mol. The molecule has 2 atom stereocenters. The molecule has 1 aromatic carbocycles.